The van der Waals surface area contributed by atoms with Crippen LogP contribution in [0.1, 0.15) is 36.3 Å². The summed E-state index contributed by atoms with van der Waals surface area (Å²) in [7, 11) is -3.96. The van der Waals surface area contributed by atoms with Gasteiger partial charge in [0.15, 0.2) is 0 Å². The summed E-state index contributed by atoms with van der Waals surface area (Å²) in [6, 6.07) is 9.37. The quantitative estimate of drug-likeness (QED) is 0.674. The van der Waals surface area contributed by atoms with E-state index in [0.717, 1.165) is 18.2 Å². The molecule has 1 heterocycles. The number of benzene rings is 2. The summed E-state index contributed by atoms with van der Waals surface area (Å²) in [5.74, 6) is -1.98. The topological polar surface area (TPSA) is 66.5 Å². The largest absolute Gasteiger partial charge is 0.416 e. The van der Waals surface area contributed by atoms with Crippen LogP contribution in [0.3, 0.4) is 0 Å². The molecule has 0 bridgehead atoms. The summed E-state index contributed by atoms with van der Waals surface area (Å²) in [6.45, 7) is 0.540. The molecule has 2 aromatic carbocycles. The van der Waals surface area contributed by atoms with Gasteiger partial charge in [-0.05, 0) is 55.0 Å². The molecule has 1 amide bonds. The van der Waals surface area contributed by atoms with E-state index >= 15 is 0 Å². The molecular formula is C22H22F4N2O3S. The molecule has 10 heteroatoms. The number of likely N-dealkylation sites (tertiary alicyclic amines) is 1. The predicted octanol–water partition coefficient (Wildman–Crippen LogP) is 3.92. The average molecular weight is 470 g/mol. The lowest BCUT2D eigenvalue weighted by molar-refractivity contribution is -0.139. The minimum atomic E-state index is -4.49. The zero-order valence-corrected chi connectivity index (χ0v) is 17.8. The molecule has 1 N–H and O–H groups in total. The molecule has 3 atom stereocenters. The monoisotopic (exact) mass is 470 g/mol. The van der Waals surface area contributed by atoms with Crippen LogP contribution in [0.5, 0.6) is 0 Å². The Morgan fingerprint density at radius 2 is 1.84 bits per heavy atom. The van der Waals surface area contributed by atoms with E-state index in [9.17, 15) is 30.8 Å². The van der Waals surface area contributed by atoms with E-state index in [1.807, 2.05) is 0 Å². The van der Waals surface area contributed by atoms with Gasteiger partial charge in [-0.3, -0.25) is 4.79 Å². The summed E-state index contributed by atoms with van der Waals surface area (Å²) >= 11 is 0. The van der Waals surface area contributed by atoms with Gasteiger partial charge >= 0.3 is 6.18 Å². The highest BCUT2D eigenvalue weighted by Crippen LogP contribution is 2.51. The minimum absolute atomic E-state index is 0.123. The van der Waals surface area contributed by atoms with E-state index in [-0.39, 0.29) is 22.9 Å². The number of alkyl halides is 3. The molecule has 3 unspecified atom stereocenters. The Balaban J connectivity index is 1.42. The molecule has 0 spiro atoms. The maximum Gasteiger partial charge on any atom is 0.416 e. The molecule has 4 rings (SSSR count). The number of hydrogen-bond acceptors (Lipinski definition) is 3. The van der Waals surface area contributed by atoms with Crippen LogP contribution in [0.25, 0.3) is 0 Å². The number of nitrogens with one attached hydrogen (secondary N) is 1. The van der Waals surface area contributed by atoms with Crippen LogP contribution in [0, 0.1) is 11.7 Å². The fourth-order valence-corrected chi connectivity index (χ4v) is 5.61. The second-order valence-electron chi connectivity index (χ2n) is 8.24. The number of rotatable bonds is 5. The number of carbonyl (C=O) groups excluding carboxylic acids is 1. The number of nitrogens with zero attached hydrogens (tertiary/aromatic N) is 1. The fraction of sp³-hybridized carbons (Fsp3) is 0.409. The van der Waals surface area contributed by atoms with Crippen molar-refractivity contribution in [1.29, 1.82) is 0 Å². The van der Waals surface area contributed by atoms with Crippen molar-refractivity contribution in [2.24, 2.45) is 5.92 Å². The van der Waals surface area contributed by atoms with Crippen LogP contribution in [0.15, 0.2) is 53.4 Å². The van der Waals surface area contributed by atoms with Crippen molar-refractivity contribution in [3.8, 4) is 0 Å². The summed E-state index contributed by atoms with van der Waals surface area (Å²) in [6.07, 6.45) is -3.10. The third-order valence-electron chi connectivity index (χ3n) is 5.93. The Bertz CT molecular complexity index is 1120. The molecule has 2 aromatic rings. The summed E-state index contributed by atoms with van der Waals surface area (Å²) < 4.78 is 81.0. The highest BCUT2D eigenvalue weighted by molar-refractivity contribution is 7.89. The molecule has 2 aliphatic rings. The second kappa shape index (κ2) is 8.47. The van der Waals surface area contributed by atoms with Gasteiger partial charge in [0.2, 0.25) is 15.9 Å². The molecule has 172 valence electrons. The molecule has 1 saturated carbocycles. The lowest BCUT2D eigenvalue weighted by Gasteiger charge is -2.33. The van der Waals surface area contributed by atoms with E-state index in [0.29, 0.717) is 25.8 Å². The van der Waals surface area contributed by atoms with E-state index in [2.05, 4.69) is 4.72 Å². The van der Waals surface area contributed by atoms with Crippen molar-refractivity contribution in [2.75, 3.05) is 13.1 Å². The van der Waals surface area contributed by atoms with Crippen LogP contribution in [0.4, 0.5) is 17.6 Å². The van der Waals surface area contributed by atoms with Crippen LogP contribution in [-0.2, 0) is 21.0 Å². The first-order valence-electron chi connectivity index (χ1n) is 10.3. The zero-order valence-electron chi connectivity index (χ0n) is 17.0. The Morgan fingerprint density at radius 1 is 1.09 bits per heavy atom. The standard InChI is InChI=1S/C22H22F4N2O3S/c23-14-5-3-7-16(11-14)32(30,31)27-15-6-4-10-28(13-15)21(29)19-12-18(19)17-8-1-2-9-20(17)22(24,25)26/h1-3,5,7-9,11,15,18-19,27H,4,6,10,12-13H2. The molecule has 0 aromatic heterocycles. The van der Waals surface area contributed by atoms with Gasteiger partial charge in [0.1, 0.15) is 5.82 Å². The number of sulfonamides is 1. The Labute approximate surface area is 183 Å². The van der Waals surface area contributed by atoms with Crippen molar-refractivity contribution in [1.82, 2.24) is 9.62 Å². The SMILES string of the molecule is O=C(C1CC1c1ccccc1C(F)(F)F)N1CCCC(NS(=O)(=O)c2cccc(F)c2)C1. The number of hydrogen-bond donors (Lipinski definition) is 1. The average Bonchev–Trinajstić information content (AvgIpc) is 3.53. The summed E-state index contributed by atoms with van der Waals surface area (Å²) in [5.41, 5.74) is -0.599. The smallest absolute Gasteiger partial charge is 0.341 e. The highest BCUT2D eigenvalue weighted by atomic mass is 32.2. The molecule has 1 aliphatic heterocycles. The van der Waals surface area contributed by atoms with Gasteiger partial charge in [-0.2, -0.15) is 13.2 Å². The van der Waals surface area contributed by atoms with E-state index < -0.39 is 45.5 Å². The van der Waals surface area contributed by atoms with Crippen LogP contribution in [-0.4, -0.2) is 38.4 Å². The molecule has 2 fully saturated rings. The van der Waals surface area contributed by atoms with Gasteiger partial charge in [0.05, 0.1) is 10.5 Å². The molecule has 32 heavy (non-hydrogen) atoms. The van der Waals surface area contributed by atoms with Gasteiger partial charge in [-0.25, -0.2) is 17.5 Å². The highest BCUT2D eigenvalue weighted by Gasteiger charge is 2.49. The number of halogens is 4. The van der Waals surface area contributed by atoms with Crippen molar-refractivity contribution in [3.63, 3.8) is 0 Å². The van der Waals surface area contributed by atoms with Crippen LogP contribution in [0.2, 0.25) is 0 Å². The summed E-state index contributed by atoms with van der Waals surface area (Å²) in [5, 5.41) is 0. The van der Waals surface area contributed by atoms with Crippen LogP contribution >= 0.6 is 0 Å². The number of piperidine rings is 1. The van der Waals surface area contributed by atoms with Crippen LogP contribution < -0.4 is 4.72 Å². The van der Waals surface area contributed by atoms with Crippen molar-refractivity contribution in [3.05, 3.63) is 65.5 Å². The zero-order chi connectivity index (χ0) is 23.1. The van der Waals surface area contributed by atoms with Gasteiger partial charge < -0.3 is 4.90 Å². The number of amides is 1. The molecule has 5 nitrogen and oxygen atoms in total. The summed E-state index contributed by atoms with van der Waals surface area (Å²) in [4.78, 5) is 14.3. The van der Waals surface area contributed by atoms with Gasteiger partial charge in [-0.1, -0.05) is 24.3 Å². The van der Waals surface area contributed by atoms with Gasteiger partial charge in [0.25, 0.3) is 0 Å². The van der Waals surface area contributed by atoms with E-state index in [4.69, 9.17) is 0 Å². The first-order valence-corrected chi connectivity index (χ1v) is 11.8. The first-order chi connectivity index (χ1) is 15.1. The van der Waals surface area contributed by atoms with Gasteiger partial charge in [-0.15, -0.1) is 0 Å². The van der Waals surface area contributed by atoms with Crippen molar-refractivity contribution in [2.45, 2.75) is 42.3 Å². The Morgan fingerprint density at radius 3 is 2.56 bits per heavy atom. The van der Waals surface area contributed by atoms with E-state index in [1.54, 1.807) is 0 Å². The Hall–Kier alpha value is -2.46. The maximum atomic E-state index is 13.4. The van der Waals surface area contributed by atoms with E-state index in [1.165, 1.54) is 35.2 Å². The molecule has 0 radical (unpaired) electrons. The van der Waals surface area contributed by atoms with Gasteiger partial charge in [0, 0.05) is 25.0 Å². The first kappa shape index (κ1) is 22.7. The van der Waals surface area contributed by atoms with Crippen molar-refractivity contribution >= 4 is 15.9 Å². The lowest BCUT2D eigenvalue weighted by atomic mass is 10.0. The molecular weight excluding hydrogens is 448 g/mol. The Kier molecular flexibility index (Phi) is 6.02. The van der Waals surface area contributed by atoms with Crippen molar-refractivity contribution < 1.29 is 30.8 Å². The molecule has 1 saturated heterocycles. The third kappa shape index (κ3) is 4.80. The third-order valence-corrected chi connectivity index (χ3v) is 7.45. The minimum Gasteiger partial charge on any atom is -0.341 e. The lowest BCUT2D eigenvalue weighted by Crippen LogP contribution is -2.50. The predicted molar refractivity (Wildman–Crippen MR) is 109 cm³/mol. The maximum absolute atomic E-state index is 13.4. The second-order valence-corrected chi connectivity index (χ2v) is 9.95. The number of carbonyl (C=O) groups is 1. The fourth-order valence-electron chi connectivity index (χ4n) is 4.32. The normalized spacial score (nSPS) is 23.8. The molecule has 1 aliphatic carbocycles.